The number of ether oxygens (including phenoxy) is 3. The zero-order chi connectivity index (χ0) is 30.3. The van der Waals surface area contributed by atoms with Crippen molar-refractivity contribution in [2.24, 2.45) is 34.0 Å². The summed E-state index contributed by atoms with van der Waals surface area (Å²) in [4.78, 5) is 0. The van der Waals surface area contributed by atoms with Gasteiger partial charge in [-0.1, -0.05) is 96.2 Å². The number of aliphatic hydroxyl groups is 1. The van der Waals surface area contributed by atoms with E-state index >= 15 is 0 Å². The van der Waals surface area contributed by atoms with Gasteiger partial charge in [-0.05, 0) is 69.1 Å². The third kappa shape index (κ3) is 9.26. The van der Waals surface area contributed by atoms with Crippen LogP contribution in [-0.4, -0.2) is 30.5 Å². The van der Waals surface area contributed by atoms with Gasteiger partial charge in [-0.2, -0.15) is 0 Å². The predicted molar refractivity (Wildman–Crippen MR) is 171 cm³/mol. The molecule has 41 heavy (non-hydrogen) atoms. The minimum absolute atomic E-state index is 0.0171. The Balaban J connectivity index is 1.77. The van der Waals surface area contributed by atoms with Crippen molar-refractivity contribution in [3.8, 4) is 0 Å². The first-order valence-corrected chi connectivity index (χ1v) is 15.0. The molecule has 3 unspecified atom stereocenters. The molecule has 4 nitrogen and oxygen atoms in total. The summed E-state index contributed by atoms with van der Waals surface area (Å²) in [5, 5.41) is 10.6. The number of rotatable bonds is 12. The van der Waals surface area contributed by atoms with Crippen LogP contribution in [0.4, 0.5) is 0 Å². The van der Waals surface area contributed by atoms with Gasteiger partial charge in [-0.25, -0.2) is 0 Å². The van der Waals surface area contributed by atoms with Gasteiger partial charge in [0.15, 0.2) is 0 Å². The third-order valence-electron chi connectivity index (χ3n) is 8.74. The van der Waals surface area contributed by atoms with Crippen LogP contribution in [0.25, 0.3) is 0 Å². The van der Waals surface area contributed by atoms with Crippen LogP contribution in [0, 0.1) is 34.0 Å². The summed E-state index contributed by atoms with van der Waals surface area (Å²) >= 11 is 0. The van der Waals surface area contributed by atoms with Crippen LogP contribution in [0.1, 0.15) is 62.3 Å². The fraction of sp³-hybridized carbons (Fsp3) is 0.514. The number of hydrogen-bond donors (Lipinski definition) is 1. The van der Waals surface area contributed by atoms with Crippen molar-refractivity contribution >= 4 is 0 Å². The average Bonchev–Trinajstić information content (AvgIpc) is 3.35. The lowest BCUT2D eigenvalue weighted by Gasteiger charge is -2.30. The van der Waals surface area contributed by atoms with Gasteiger partial charge in [-0.15, -0.1) is 0 Å². The molecule has 0 amide bonds. The van der Waals surface area contributed by atoms with Crippen LogP contribution in [0.2, 0.25) is 0 Å². The van der Waals surface area contributed by atoms with Crippen LogP contribution in [-0.2, 0) is 14.2 Å². The normalized spacial score (nSPS) is 27.5. The van der Waals surface area contributed by atoms with Crippen LogP contribution in [0.15, 0.2) is 108 Å². The molecule has 0 saturated heterocycles. The van der Waals surface area contributed by atoms with Crippen molar-refractivity contribution < 1.29 is 19.3 Å². The highest BCUT2D eigenvalue weighted by atomic mass is 16.5. The fourth-order valence-electron chi connectivity index (χ4n) is 4.46. The SMILES string of the molecule is CC(C)C1(C)C=CC=C(OCC(C)(COC2=CC=CC(C)(C(C)C)C=C2)COC2=CC(C(C)(C)O)C=CC=C2)C=C1. The second kappa shape index (κ2) is 13.3. The van der Waals surface area contributed by atoms with Gasteiger partial charge in [-0.3, -0.25) is 0 Å². The largest absolute Gasteiger partial charge is 0.493 e. The molecule has 4 heteroatoms. The van der Waals surface area contributed by atoms with E-state index in [0.29, 0.717) is 31.7 Å². The summed E-state index contributed by atoms with van der Waals surface area (Å²) in [6.45, 7) is 20.4. The maximum atomic E-state index is 10.6. The molecule has 0 aromatic rings. The van der Waals surface area contributed by atoms with Gasteiger partial charge in [0, 0.05) is 16.7 Å². The van der Waals surface area contributed by atoms with Crippen molar-refractivity contribution in [1.29, 1.82) is 0 Å². The van der Waals surface area contributed by atoms with E-state index in [1.807, 2.05) is 56.4 Å². The lowest BCUT2D eigenvalue weighted by Crippen LogP contribution is -2.34. The molecule has 0 aromatic heterocycles. The van der Waals surface area contributed by atoms with Gasteiger partial charge in [0.25, 0.3) is 0 Å². The molecule has 3 rings (SSSR count). The van der Waals surface area contributed by atoms with Gasteiger partial charge >= 0.3 is 0 Å². The molecule has 0 radical (unpaired) electrons. The molecule has 3 aliphatic carbocycles. The van der Waals surface area contributed by atoms with Crippen LogP contribution < -0.4 is 0 Å². The van der Waals surface area contributed by atoms with Crippen molar-refractivity contribution in [2.45, 2.75) is 67.9 Å². The van der Waals surface area contributed by atoms with E-state index in [1.54, 1.807) is 0 Å². The molecular formula is C37H52O4. The molecule has 3 atom stereocenters. The third-order valence-corrected chi connectivity index (χ3v) is 8.74. The molecule has 0 bridgehead atoms. The monoisotopic (exact) mass is 560 g/mol. The van der Waals surface area contributed by atoms with Gasteiger partial charge in [0.2, 0.25) is 0 Å². The maximum absolute atomic E-state index is 10.6. The van der Waals surface area contributed by atoms with E-state index in [9.17, 15) is 5.11 Å². The Morgan fingerprint density at radius 1 is 0.683 bits per heavy atom. The summed E-state index contributed by atoms with van der Waals surface area (Å²) in [6, 6.07) is 0. The zero-order valence-corrected chi connectivity index (χ0v) is 26.7. The Bertz CT molecular complexity index is 1120. The van der Waals surface area contributed by atoms with Crippen LogP contribution in [0.3, 0.4) is 0 Å². The Labute approximate surface area is 249 Å². The second-order valence-corrected chi connectivity index (χ2v) is 13.7. The van der Waals surface area contributed by atoms with Gasteiger partial charge in [0.05, 0.1) is 11.0 Å². The summed E-state index contributed by atoms with van der Waals surface area (Å²) in [7, 11) is 0. The first kappa shape index (κ1) is 32.5. The van der Waals surface area contributed by atoms with Crippen LogP contribution in [0.5, 0.6) is 0 Å². The first-order chi connectivity index (χ1) is 19.1. The standard InChI is InChI=1S/C37H52O4/c1-28(2)36(8)20-12-16-31(18-22-36)39-25-35(7,26-40-32-17-13-21-37(9,23-19-32)29(3)4)27-41-33-15-11-10-14-30(24-33)34(5,6)38/h10-24,28-30,38H,25-27H2,1-9H3. The minimum Gasteiger partial charge on any atom is -0.493 e. The lowest BCUT2D eigenvalue weighted by atomic mass is 9.79. The van der Waals surface area contributed by atoms with Crippen LogP contribution >= 0.6 is 0 Å². The smallest absolute Gasteiger partial charge is 0.119 e. The molecule has 0 aliphatic heterocycles. The summed E-state index contributed by atoms with van der Waals surface area (Å²) in [5.41, 5.74) is -1.39. The molecule has 1 N–H and O–H groups in total. The topological polar surface area (TPSA) is 47.9 Å². The molecular weight excluding hydrogens is 508 g/mol. The van der Waals surface area contributed by atoms with E-state index in [4.69, 9.17) is 14.2 Å². The van der Waals surface area contributed by atoms with E-state index in [2.05, 4.69) is 97.1 Å². The molecule has 0 fully saturated rings. The molecule has 224 valence electrons. The molecule has 0 heterocycles. The maximum Gasteiger partial charge on any atom is 0.119 e. The first-order valence-electron chi connectivity index (χ1n) is 15.0. The zero-order valence-electron chi connectivity index (χ0n) is 26.7. The van der Waals surface area contributed by atoms with Gasteiger partial charge < -0.3 is 19.3 Å². The Morgan fingerprint density at radius 3 is 1.59 bits per heavy atom. The highest BCUT2D eigenvalue weighted by molar-refractivity contribution is 5.30. The molecule has 0 saturated carbocycles. The highest BCUT2D eigenvalue weighted by Crippen LogP contribution is 2.35. The Morgan fingerprint density at radius 2 is 1.15 bits per heavy atom. The second-order valence-electron chi connectivity index (χ2n) is 13.7. The molecule has 0 aromatic carbocycles. The highest BCUT2D eigenvalue weighted by Gasteiger charge is 2.31. The van der Waals surface area contributed by atoms with Gasteiger partial charge in [0.1, 0.15) is 37.1 Å². The fourth-order valence-corrected chi connectivity index (χ4v) is 4.46. The Kier molecular flexibility index (Phi) is 10.6. The molecule has 0 spiro atoms. The predicted octanol–water partition coefficient (Wildman–Crippen LogP) is 8.78. The van der Waals surface area contributed by atoms with E-state index in [1.165, 1.54) is 0 Å². The van der Waals surface area contributed by atoms with Crippen molar-refractivity contribution in [3.05, 3.63) is 108 Å². The van der Waals surface area contributed by atoms with Crippen molar-refractivity contribution in [2.75, 3.05) is 19.8 Å². The number of allylic oxidation sites excluding steroid dienone is 13. The lowest BCUT2D eigenvalue weighted by molar-refractivity contribution is -0.0110. The quantitative estimate of drug-likeness (QED) is 0.259. The summed E-state index contributed by atoms with van der Waals surface area (Å²) < 4.78 is 19.2. The Hall–Kier alpha value is -2.98. The molecule has 3 aliphatic rings. The van der Waals surface area contributed by atoms with Crippen molar-refractivity contribution in [1.82, 2.24) is 0 Å². The van der Waals surface area contributed by atoms with Crippen molar-refractivity contribution in [3.63, 3.8) is 0 Å². The average molecular weight is 561 g/mol. The summed E-state index contributed by atoms with van der Waals surface area (Å²) in [5.74, 6) is 3.16. The number of hydrogen-bond acceptors (Lipinski definition) is 4. The minimum atomic E-state index is -0.890. The van der Waals surface area contributed by atoms with E-state index < -0.39 is 11.0 Å². The van der Waals surface area contributed by atoms with E-state index in [-0.39, 0.29) is 16.7 Å². The van der Waals surface area contributed by atoms with E-state index in [0.717, 1.165) is 17.3 Å². The summed E-state index contributed by atoms with van der Waals surface area (Å²) in [6.07, 6.45) is 31.1.